The highest BCUT2D eigenvalue weighted by Crippen LogP contribution is 2.12. The smallest absolute Gasteiger partial charge is 0.283 e. The van der Waals surface area contributed by atoms with Crippen molar-refractivity contribution in [1.29, 1.82) is 0 Å². The summed E-state index contributed by atoms with van der Waals surface area (Å²) in [5.74, 6) is -0.323. The lowest BCUT2D eigenvalue weighted by molar-refractivity contribution is -0.116. The van der Waals surface area contributed by atoms with Crippen molar-refractivity contribution < 1.29 is 4.79 Å². The number of carbonyl (C=O) groups is 1. The standard InChI is InChI=1S/C21H19ClN6O2/c1-2-14-5-9-17(10-6-14)24-18(29)12-27-13-23-20-19(21(27)30)25-26-28(20)11-15-3-7-16(22)8-4-15/h3-10,13H,2,11-12H2,1H3,(H,24,29). The van der Waals surface area contributed by atoms with Gasteiger partial charge >= 0.3 is 0 Å². The predicted octanol–water partition coefficient (Wildman–Crippen LogP) is 2.89. The van der Waals surface area contributed by atoms with Crippen LogP contribution in [0.4, 0.5) is 5.69 Å². The number of amides is 1. The van der Waals surface area contributed by atoms with Crippen LogP contribution in [0.2, 0.25) is 5.02 Å². The molecule has 0 aliphatic heterocycles. The first-order valence-electron chi connectivity index (χ1n) is 9.45. The molecule has 4 aromatic rings. The Morgan fingerprint density at radius 1 is 1.07 bits per heavy atom. The number of rotatable bonds is 6. The van der Waals surface area contributed by atoms with Crippen LogP contribution >= 0.6 is 11.6 Å². The van der Waals surface area contributed by atoms with Crippen molar-refractivity contribution in [2.75, 3.05) is 5.32 Å². The van der Waals surface area contributed by atoms with Crippen molar-refractivity contribution in [3.63, 3.8) is 0 Å². The molecule has 4 rings (SSSR count). The lowest BCUT2D eigenvalue weighted by Gasteiger charge is -2.08. The van der Waals surface area contributed by atoms with Crippen molar-refractivity contribution in [3.05, 3.63) is 81.4 Å². The van der Waals surface area contributed by atoms with Gasteiger partial charge in [0.15, 0.2) is 11.2 Å². The zero-order chi connectivity index (χ0) is 21.1. The van der Waals surface area contributed by atoms with Gasteiger partial charge in [0.25, 0.3) is 5.56 Å². The van der Waals surface area contributed by atoms with Crippen molar-refractivity contribution in [2.45, 2.75) is 26.4 Å². The molecule has 0 fully saturated rings. The van der Waals surface area contributed by atoms with E-state index < -0.39 is 5.56 Å². The molecule has 1 N–H and O–H groups in total. The summed E-state index contributed by atoms with van der Waals surface area (Å²) in [7, 11) is 0. The van der Waals surface area contributed by atoms with Crippen LogP contribution in [-0.4, -0.2) is 30.5 Å². The lowest BCUT2D eigenvalue weighted by atomic mass is 10.1. The Morgan fingerprint density at radius 3 is 2.47 bits per heavy atom. The Balaban J connectivity index is 1.51. The Hall–Kier alpha value is -3.52. The molecule has 0 saturated heterocycles. The number of hydrogen-bond acceptors (Lipinski definition) is 5. The normalized spacial score (nSPS) is 11.0. The average molecular weight is 423 g/mol. The number of fused-ring (bicyclic) bond motifs is 1. The van der Waals surface area contributed by atoms with Crippen LogP contribution in [0.1, 0.15) is 18.1 Å². The molecule has 0 atom stereocenters. The first-order valence-corrected chi connectivity index (χ1v) is 9.83. The van der Waals surface area contributed by atoms with E-state index in [1.807, 2.05) is 36.4 Å². The maximum Gasteiger partial charge on any atom is 0.283 e. The first kappa shape index (κ1) is 19.8. The fraction of sp³-hybridized carbons (Fsp3) is 0.190. The van der Waals surface area contributed by atoms with Gasteiger partial charge in [-0.25, -0.2) is 9.67 Å². The predicted molar refractivity (Wildman–Crippen MR) is 115 cm³/mol. The highest BCUT2D eigenvalue weighted by atomic mass is 35.5. The molecule has 2 aromatic carbocycles. The quantitative estimate of drug-likeness (QED) is 0.515. The summed E-state index contributed by atoms with van der Waals surface area (Å²) in [6.07, 6.45) is 2.26. The number of halogens is 1. The summed E-state index contributed by atoms with van der Waals surface area (Å²) in [5.41, 5.74) is 2.87. The zero-order valence-electron chi connectivity index (χ0n) is 16.2. The van der Waals surface area contributed by atoms with Crippen molar-refractivity contribution in [2.24, 2.45) is 0 Å². The average Bonchev–Trinajstić information content (AvgIpc) is 3.16. The van der Waals surface area contributed by atoms with E-state index in [1.165, 1.54) is 16.5 Å². The molecule has 2 heterocycles. The van der Waals surface area contributed by atoms with E-state index in [0.29, 0.717) is 22.9 Å². The number of hydrogen-bond donors (Lipinski definition) is 1. The van der Waals surface area contributed by atoms with Gasteiger partial charge < -0.3 is 5.32 Å². The highest BCUT2D eigenvalue weighted by Gasteiger charge is 2.14. The lowest BCUT2D eigenvalue weighted by Crippen LogP contribution is -2.28. The second-order valence-corrected chi connectivity index (χ2v) is 7.26. The highest BCUT2D eigenvalue weighted by molar-refractivity contribution is 6.30. The third-order valence-electron chi connectivity index (χ3n) is 4.70. The molecule has 1 amide bonds. The van der Waals surface area contributed by atoms with E-state index in [1.54, 1.807) is 16.8 Å². The molecule has 0 aliphatic rings. The Kier molecular flexibility index (Phi) is 5.58. The molecule has 8 nitrogen and oxygen atoms in total. The molecule has 2 aromatic heterocycles. The van der Waals surface area contributed by atoms with E-state index in [9.17, 15) is 9.59 Å². The van der Waals surface area contributed by atoms with Crippen LogP contribution in [0, 0.1) is 0 Å². The summed E-state index contributed by atoms with van der Waals surface area (Å²) in [4.78, 5) is 29.4. The topological polar surface area (TPSA) is 94.7 Å². The van der Waals surface area contributed by atoms with Gasteiger partial charge in [-0.3, -0.25) is 14.2 Å². The minimum atomic E-state index is -0.418. The van der Waals surface area contributed by atoms with Crippen LogP contribution in [0.3, 0.4) is 0 Å². The van der Waals surface area contributed by atoms with Crippen LogP contribution < -0.4 is 10.9 Å². The molecule has 0 spiro atoms. The number of benzene rings is 2. The molecule has 9 heteroatoms. The summed E-state index contributed by atoms with van der Waals surface area (Å²) in [6, 6.07) is 14.9. The first-order chi connectivity index (χ1) is 14.5. The number of aromatic nitrogens is 5. The van der Waals surface area contributed by atoms with Gasteiger partial charge in [0.1, 0.15) is 12.9 Å². The fourth-order valence-electron chi connectivity index (χ4n) is 3.05. The van der Waals surface area contributed by atoms with Gasteiger partial charge in [-0.2, -0.15) is 0 Å². The van der Waals surface area contributed by atoms with Gasteiger partial charge in [-0.1, -0.05) is 48.0 Å². The third kappa shape index (κ3) is 4.23. The Bertz CT molecular complexity index is 1250. The molecule has 0 radical (unpaired) electrons. The molecule has 0 aliphatic carbocycles. The number of nitrogens with one attached hydrogen (secondary N) is 1. The third-order valence-corrected chi connectivity index (χ3v) is 4.95. The zero-order valence-corrected chi connectivity index (χ0v) is 17.0. The summed E-state index contributed by atoms with van der Waals surface area (Å²) in [5, 5.41) is 11.4. The van der Waals surface area contributed by atoms with Gasteiger partial charge in [-0.15, -0.1) is 5.10 Å². The molecule has 0 bridgehead atoms. The van der Waals surface area contributed by atoms with E-state index in [0.717, 1.165) is 12.0 Å². The van der Waals surface area contributed by atoms with Gasteiger partial charge in [0.05, 0.1) is 6.54 Å². The fourth-order valence-corrected chi connectivity index (χ4v) is 3.17. The van der Waals surface area contributed by atoms with Crippen LogP contribution in [0.5, 0.6) is 0 Å². The van der Waals surface area contributed by atoms with Gasteiger partial charge in [0.2, 0.25) is 5.91 Å². The Labute approximate surface area is 177 Å². The molecule has 30 heavy (non-hydrogen) atoms. The van der Waals surface area contributed by atoms with Gasteiger partial charge in [-0.05, 0) is 41.8 Å². The SMILES string of the molecule is CCc1ccc(NC(=O)Cn2cnc3c(nnn3Cc3ccc(Cl)cc3)c2=O)cc1. The Morgan fingerprint density at radius 2 is 1.77 bits per heavy atom. The van der Waals surface area contributed by atoms with Crippen molar-refractivity contribution in [1.82, 2.24) is 24.5 Å². The molecule has 0 saturated carbocycles. The van der Waals surface area contributed by atoms with Crippen molar-refractivity contribution in [3.8, 4) is 0 Å². The van der Waals surface area contributed by atoms with Crippen LogP contribution in [0.15, 0.2) is 59.7 Å². The van der Waals surface area contributed by atoms with Crippen LogP contribution in [-0.2, 0) is 24.3 Å². The minimum absolute atomic E-state index is 0.117. The van der Waals surface area contributed by atoms with Crippen molar-refractivity contribution >= 4 is 34.4 Å². The van der Waals surface area contributed by atoms with E-state index in [4.69, 9.17) is 11.6 Å². The second kappa shape index (κ2) is 8.46. The van der Waals surface area contributed by atoms with E-state index >= 15 is 0 Å². The molecular weight excluding hydrogens is 404 g/mol. The summed E-state index contributed by atoms with van der Waals surface area (Å²) < 4.78 is 2.76. The molecular formula is C21H19ClN6O2. The maximum absolute atomic E-state index is 12.7. The molecule has 152 valence electrons. The number of anilines is 1. The maximum atomic E-state index is 12.7. The minimum Gasteiger partial charge on any atom is -0.325 e. The monoisotopic (exact) mass is 422 g/mol. The second-order valence-electron chi connectivity index (χ2n) is 6.82. The number of nitrogens with zero attached hydrogens (tertiary/aromatic N) is 5. The van der Waals surface area contributed by atoms with Gasteiger partial charge in [0, 0.05) is 10.7 Å². The van der Waals surface area contributed by atoms with Crippen LogP contribution in [0.25, 0.3) is 11.2 Å². The summed E-state index contributed by atoms with van der Waals surface area (Å²) in [6.45, 7) is 2.30. The molecule has 0 unspecified atom stereocenters. The van der Waals surface area contributed by atoms with E-state index in [-0.39, 0.29) is 18.0 Å². The summed E-state index contributed by atoms with van der Waals surface area (Å²) >= 11 is 5.91. The number of carbonyl (C=O) groups excluding carboxylic acids is 1. The van der Waals surface area contributed by atoms with E-state index in [2.05, 4.69) is 27.5 Å². The number of aryl methyl sites for hydroxylation is 1. The largest absolute Gasteiger partial charge is 0.325 e.